The average molecular weight is 390 g/mol. The third kappa shape index (κ3) is 5.85. The molecular formula is C23H27N5O. The molecule has 0 aliphatic heterocycles. The zero-order chi connectivity index (χ0) is 20.9. The lowest BCUT2D eigenvalue weighted by Gasteiger charge is -2.23. The summed E-state index contributed by atoms with van der Waals surface area (Å²) in [5, 5.41) is 3.35. The van der Waals surface area contributed by atoms with E-state index >= 15 is 0 Å². The maximum absolute atomic E-state index is 13.1. The molecule has 1 N–H and O–H groups in total. The number of aromatic nitrogens is 3. The fraction of sp³-hybridized carbons (Fsp3) is 0.304. The van der Waals surface area contributed by atoms with Gasteiger partial charge in [-0.05, 0) is 44.9 Å². The van der Waals surface area contributed by atoms with Crippen molar-refractivity contribution in [2.24, 2.45) is 0 Å². The molecule has 0 radical (unpaired) electrons. The van der Waals surface area contributed by atoms with Crippen molar-refractivity contribution >= 4 is 11.7 Å². The summed E-state index contributed by atoms with van der Waals surface area (Å²) in [6.07, 6.45) is 4.28. The number of hydrogen-bond donors (Lipinski definition) is 1. The summed E-state index contributed by atoms with van der Waals surface area (Å²) in [4.78, 5) is 28.0. The van der Waals surface area contributed by atoms with Crippen LogP contribution >= 0.6 is 0 Å². The second-order valence-electron chi connectivity index (χ2n) is 8.04. The van der Waals surface area contributed by atoms with E-state index in [1.165, 1.54) is 0 Å². The number of nitrogens with zero attached hydrogens (tertiary/aromatic N) is 4. The zero-order valence-electron chi connectivity index (χ0n) is 17.4. The molecule has 2 heterocycles. The normalized spacial score (nSPS) is 11.2. The van der Waals surface area contributed by atoms with Crippen molar-refractivity contribution in [3.63, 3.8) is 0 Å². The van der Waals surface area contributed by atoms with Crippen molar-refractivity contribution in [1.82, 2.24) is 19.9 Å². The molecule has 0 saturated heterocycles. The number of pyridine rings is 1. The number of benzene rings is 1. The molecule has 3 aromatic rings. The first kappa shape index (κ1) is 20.5. The molecule has 0 spiro atoms. The van der Waals surface area contributed by atoms with E-state index in [1.54, 1.807) is 30.4 Å². The van der Waals surface area contributed by atoms with Gasteiger partial charge in [0.25, 0.3) is 5.91 Å². The van der Waals surface area contributed by atoms with Gasteiger partial charge in [0.05, 0.1) is 0 Å². The Bertz CT molecular complexity index is 952. The highest BCUT2D eigenvalue weighted by molar-refractivity contribution is 5.93. The van der Waals surface area contributed by atoms with Crippen molar-refractivity contribution in [2.75, 3.05) is 18.9 Å². The lowest BCUT2D eigenvalue weighted by Crippen LogP contribution is -2.31. The van der Waals surface area contributed by atoms with Gasteiger partial charge < -0.3 is 10.2 Å². The van der Waals surface area contributed by atoms with Gasteiger partial charge in [-0.2, -0.15) is 0 Å². The molecular weight excluding hydrogens is 362 g/mol. The van der Waals surface area contributed by atoms with E-state index in [-0.39, 0.29) is 11.4 Å². The number of amides is 1. The van der Waals surface area contributed by atoms with E-state index in [9.17, 15) is 4.79 Å². The van der Waals surface area contributed by atoms with Crippen molar-refractivity contribution < 1.29 is 4.79 Å². The molecule has 6 heteroatoms. The first-order valence-electron chi connectivity index (χ1n) is 9.69. The summed E-state index contributed by atoms with van der Waals surface area (Å²) in [6, 6.07) is 15.3. The summed E-state index contributed by atoms with van der Waals surface area (Å²) in [5.74, 6) is 1.04. The number of likely N-dealkylation sites (N-methyl/N-ethyl adjacent to an activating group) is 1. The molecule has 0 fully saturated rings. The van der Waals surface area contributed by atoms with E-state index in [0.717, 1.165) is 17.5 Å². The van der Waals surface area contributed by atoms with Crippen LogP contribution in [0.5, 0.6) is 0 Å². The SMILES string of the molecule is CN(CCc1ccncc1)C(=O)c1cc(NC(C)(C)C)nc(-c2ccccc2)n1. The molecule has 0 aliphatic carbocycles. The van der Waals surface area contributed by atoms with Crippen molar-refractivity contribution in [1.29, 1.82) is 0 Å². The molecule has 0 atom stereocenters. The Morgan fingerprint density at radius 2 is 1.72 bits per heavy atom. The Hall–Kier alpha value is -3.28. The van der Waals surface area contributed by atoms with Gasteiger partial charge in [0.2, 0.25) is 0 Å². The molecule has 3 rings (SSSR count). The van der Waals surface area contributed by atoms with Gasteiger partial charge in [-0.15, -0.1) is 0 Å². The van der Waals surface area contributed by atoms with Crippen LogP contribution in [-0.4, -0.2) is 44.9 Å². The second-order valence-corrected chi connectivity index (χ2v) is 8.04. The Kier molecular flexibility index (Phi) is 6.22. The van der Waals surface area contributed by atoms with Gasteiger partial charge >= 0.3 is 0 Å². The Labute approximate surface area is 172 Å². The Morgan fingerprint density at radius 1 is 1.03 bits per heavy atom. The quantitative estimate of drug-likeness (QED) is 0.688. The highest BCUT2D eigenvalue weighted by Crippen LogP contribution is 2.21. The minimum atomic E-state index is -0.185. The van der Waals surface area contributed by atoms with Crippen LogP contribution in [0.2, 0.25) is 0 Å². The van der Waals surface area contributed by atoms with Crippen LogP contribution < -0.4 is 5.32 Å². The summed E-state index contributed by atoms with van der Waals surface area (Å²) in [6.45, 7) is 6.76. The number of hydrogen-bond acceptors (Lipinski definition) is 5. The van der Waals surface area contributed by atoms with Crippen LogP contribution in [0.1, 0.15) is 36.8 Å². The molecule has 150 valence electrons. The van der Waals surface area contributed by atoms with Crippen molar-refractivity contribution in [3.8, 4) is 11.4 Å². The molecule has 0 aliphatic rings. The third-order valence-electron chi connectivity index (χ3n) is 4.31. The van der Waals surface area contributed by atoms with Crippen molar-refractivity contribution in [3.05, 3.63) is 72.2 Å². The summed E-state index contributed by atoms with van der Waals surface area (Å²) < 4.78 is 0. The average Bonchev–Trinajstić information content (AvgIpc) is 2.71. The highest BCUT2D eigenvalue weighted by atomic mass is 16.2. The van der Waals surface area contributed by atoms with Crippen LogP contribution in [0.4, 0.5) is 5.82 Å². The lowest BCUT2D eigenvalue weighted by atomic mass is 10.1. The van der Waals surface area contributed by atoms with E-state index in [2.05, 4.69) is 41.0 Å². The predicted molar refractivity (Wildman–Crippen MR) is 116 cm³/mol. The maximum Gasteiger partial charge on any atom is 0.272 e. The molecule has 1 aromatic carbocycles. The first-order chi connectivity index (χ1) is 13.8. The number of carbonyl (C=O) groups is 1. The maximum atomic E-state index is 13.1. The minimum Gasteiger partial charge on any atom is -0.365 e. The highest BCUT2D eigenvalue weighted by Gasteiger charge is 2.19. The Balaban J connectivity index is 1.86. The summed E-state index contributed by atoms with van der Waals surface area (Å²) in [7, 11) is 1.80. The zero-order valence-corrected chi connectivity index (χ0v) is 17.4. The summed E-state index contributed by atoms with van der Waals surface area (Å²) in [5.41, 5.74) is 2.21. The van der Waals surface area contributed by atoms with Crippen LogP contribution in [0, 0.1) is 0 Å². The largest absolute Gasteiger partial charge is 0.365 e. The van der Waals surface area contributed by atoms with Gasteiger partial charge in [-0.25, -0.2) is 9.97 Å². The van der Waals surface area contributed by atoms with Crippen LogP contribution in [-0.2, 0) is 6.42 Å². The summed E-state index contributed by atoms with van der Waals surface area (Å²) >= 11 is 0. The molecule has 1 amide bonds. The van der Waals surface area contributed by atoms with E-state index in [4.69, 9.17) is 0 Å². The van der Waals surface area contributed by atoms with E-state index < -0.39 is 0 Å². The molecule has 0 unspecified atom stereocenters. The topological polar surface area (TPSA) is 71.0 Å². The Morgan fingerprint density at radius 3 is 2.38 bits per heavy atom. The molecule has 0 saturated carbocycles. The number of carbonyl (C=O) groups excluding carboxylic acids is 1. The van der Waals surface area contributed by atoms with Crippen LogP contribution in [0.15, 0.2) is 60.9 Å². The monoisotopic (exact) mass is 389 g/mol. The third-order valence-corrected chi connectivity index (χ3v) is 4.31. The van der Waals surface area contributed by atoms with Gasteiger partial charge in [-0.3, -0.25) is 9.78 Å². The predicted octanol–water partition coefficient (Wildman–Crippen LogP) is 4.06. The van der Waals surface area contributed by atoms with Crippen LogP contribution in [0.25, 0.3) is 11.4 Å². The van der Waals surface area contributed by atoms with E-state index in [0.29, 0.717) is 23.9 Å². The minimum absolute atomic E-state index is 0.129. The number of anilines is 1. The standard InChI is InChI=1S/C23H27N5O/c1-23(2,3)27-20-16-19(25-21(26-20)18-8-6-5-7-9-18)22(29)28(4)15-12-17-10-13-24-14-11-17/h5-11,13-14,16H,12,15H2,1-4H3,(H,25,26,27). The lowest BCUT2D eigenvalue weighted by molar-refractivity contribution is 0.0791. The number of nitrogens with one attached hydrogen (secondary N) is 1. The van der Waals surface area contributed by atoms with Gasteiger partial charge in [0, 0.05) is 43.2 Å². The second kappa shape index (κ2) is 8.82. The molecule has 6 nitrogen and oxygen atoms in total. The van der Waals surface area contributed by atoms with E-state index in [1.807, 2.05) is 42.5 Å². The van der Waals surface area contributed by atoms with Gasteiger partial charge in [-0.1, -0.05) is 30.3 Å². The van der Waals surface area contributed by atoms with Crippen molar-refractivity contribution in [2.45, 2.75) is 32.7 Å². The molecule has 2 aromatic heterocycles. The fourth-order valence-electron chi connectivity index (χ4n) is 2.86. The smallest absolute Gasteiger partial charge is 0.272 e. The molecule has 29 heavy (non-hydrogen) atoms. The van der Waals surface area contributed by atoms with Crippen LogP contribution in [0.3, 0.4) is 0 Å². The molecule has 0 bridgehead atoms. The van der Waals surface area contributed by atoms with Gasteiger partial charge in [0.1, 0.15) is 11.5 Å². The number of rotatable bonds is 6. The first-order valence-corrected chi connectivity index (χ1v) is 9.69. The fourth-order valence-corrected chi connectivity index (χ4v) is 2.86. The van der Waals surface area contributed by atoms with Gasteiger partial charge in [0.15, 0.2) is 5.82 Å².